The lowest BCUT2D eigenvalue weighted by Crippen LogP contribution is -2.22. The normalized spacial score (nSPS) is 12.2. The third kappa shape index (κ3) is 2.71. The Kier molecular flexibility index (Phi) is 4.39. The molecule has 0 saturated heterocycles. The molecular formula is C11H13F2NO3. The van der Waals surface area contributed by atoms with E-state index in [4.69, 9.17) is 15.6 Å². The topological polar surface area (TPSA) is 72.5 Å². The van der Waals surface area contributed by atoms with Crippen LogP contribution in [0.5, 0.6) is 5.75 Å². The average molecular weight is 245 g/mol. The molecule has 1 unspecified atom stereocenters. The van der Waals surface area contributed by atoms with E-state index in [9.17, 15) is 13.6 Å². The van der Waals surface area contributed by atoms with Gasteiger partial charge in [0, 0.05) is 12.1 Å². The predicted octanol–water partition coefficient (Wildman–Crippen LogP) is 1.49. The van der Waals surface area contributed by atoms with Crippen LogP contribution in [-0.4, -0.2) is 24.2 Å². The van der Waals surface area contributed by atoms with Crippen LogP contribution in [0.3, 0.4) is 0 Å². The first-order valence-electron chi connectivity index (χ1n) is 5.06. The maximum atomic E-state index is 13.6. The number of hydrogen-bond acceptors (Lipinski definition) is 3. The molecule has 0 saturated carbocycles. The lowest BCUT2D eigenvalue weighted by atomic mass is 9.98. The zero-order valence-corrected chi connectivity index (χ0v) is 9.24. The van der Waals surface area contributed by atoms with E-state index < -0.39 is 23.5 Å². The van der Waals surface area contributed by atoms with Gasteiger partial charge in [-0.2, -0.15) is 4.39 Å². The van der Waals surface area contributed by atoms with Crippen LogP contribution in [0, 0.1) is 11.6 Å². The van der Waals surface area contributed by atoms with Gasteiger partial charge in [-0.3, -0.25) is 4.79 Å². The third-order valence-corrected chi connectivity index (χ3v) is 2.29. The zero-order valence-electron chi connectivity index (χ0n) is 9.24. The summed E-state index contributed by atoms with van der Waals surface area (Å²) in [7, 11) is 0. The second kappa shape index (κ2) is 5.58. The first-order valence-corrected chi connectivity index (χ1v) is 5.06. The van der Waals surface area contributed by atoms with E-state index in [0.717, 1.165) is 0 Å². The fourth-order valence-electron chi connectivity index (χ4n) is 1.44. The molecule has 0 aliphatic carbocycles. The van der Waals surface area contributed by atoms with Crippen molar-refractivity contribution in [2.24, 2.45) is 5.73 Å². The molecule has 0 spiro atoms. The SMILES string of the molecule is CCOc1ccc(C(CN)C(=O)O)c(F)c1F. The summed E-state index contributed by atoms with van der Waals surface area (Å²) >= 11 is 0. The zero-order chi connectivity index (χ0) is 13.0. The Bertz CT molecular complexity index is 423. The minimum Gasteiger partial charge on any atom is -0.491 e. The highest BCUT2D eigenvalue weighted by atomic mass is 19.2. The van der Waals surface area contributed by atoms with Crippen molar-refractivity contribution in [3.05, 3.63) is 29.3 Å². The van der Waals surface area contributed by atoms with Gasteiger partial charge in [0.2, 0.25) is 5.82 Å². The monoisotopic (exact) mass is 245 g/mol. The quantitative estimate of drug-likeness (QED) is 0.824. The number of nitrogens with two attached hydrogens (primary N) is 1. The molecule has 1 rings (SSSR count). The summed E-state index contributed by atoms with van der Waals surface area (Å²) in [6.45, 7) is 1.51. The molecule has 0 heterocycles. The molecule has 0 fully saturated rings. The first-order chi connectivity index (χ1) is 8.02. The summed E-state index contributed by atoms with van der Waals surface area (Å²) < 4.78 is 31.9. The predicted molar refractivity (Wildman–Crippen MR) is 57.0 cm³/mol. The molecule has 1 aromatic rings. The highest BCUT2D eigenvalue weighted by Gasteiger charge is 2.25. The van der Waals surface area contributed by atoms with Crippen LogP contribution >= 0.6 is 0 Å². The minimum atomic E-state index is -1.30. The van der Waals surface area contributed by atoms with Gasteiger partial charge in [-0.1, -0.05) is 6.07 Å². The number of benzene rings is 1. The molecule has 0 bridgehead atoms. The van der Waals surface area contributed by atoms with Gasteiger partial charge >= 0.3 is 5.97 Å². The Labute approximate surface area is 97.0 Å². The van der Waals surface area contributed by atoms with Crippen molar-refractivity contribution in [1.82, 2.24) is 0 Å². The van der Waals surface area contributed by atoms with Gasteiger partial charge in [-0.25, -0.2) is 4.39 Å². The second-order valence-electron chi connectivity index (χ2n) is 3.34. The standard InChI is InChI=1S/C11H13F2NO3/c1-2-17-8-4-3-6(9(12)10(8)13)7(5-14)11(15)16/h3-4,7H,2,5,14H2,1H3,(H,15,16). The molecular weight excluding hydrogens is 232 g/mol. The molecule has 4 nitrogen and oxygen atoms in total. The Morgan fingerprint density at radius 1 is 1.47 bits per heavy atom. The summed E-state index contributed by atoms with van der Waals surface area (Å²) in [6.07, 6.45) is 0. The van der Waals surface area contributed by atoms with E-state index in [0.29, 0.717) is 0 Å². The molecule has 0 aliphatic rings. The molecule has 0 radical (unpaired) electrons. The molecule has 1 atom stereocenters. The molecule has 3 N–H and O–H groups in total. The van der Waals surface area contributed by atoms with Crippen molar-refractivity contribution in [3.63, 3.8) is 0 Å². The fraction of sp³-hybridized carbons (Fsp3) is 0.364. The van der Waals surface area contributed by atoms with Crippen LogP contribution in [-0.2, 0) is 4.79 Å². The van der Waals surface area contributed by atoms with Gasteiger partial charge < -0.3 is 15.6 Å². The summed E-state index contributed by atoms with van der Waals surface area (Å²) in [5, 5.41) is 8.81. The Morgan fingerprint density at radius 3 is 2.59 bits per heavy atom. The van der Waals surface area contributed by atoms with Gasteiger partial charge in [0.05, 0.1) is 12.5 Å². The number of aliphatic carboxylic acids is 1. The second-order valence-corrected chi connectivity index (χ2v) is 3.34. The number of hydrogen-bond donors (Lipinski definition) is 2. The van der Waals surface area contributed by atoms with Gasteiger partial charge in [-0.05, 0) is 13.0 Å². The summed E-state index contributed by atoms with van der Waals surface area (Å²) in [6, 6.07) is 2.37. The smallest absolute Gasteiger partial charge is 0.312 e. The molecule has 6 heteroatoms. The van der Waals surface area contributed by atoms with E-state index in [2.05, 4.69) is 0 Å². The highest BCUT2D eigenvalue weighted by molar-refractivity contribution is 5.76. The molecule has 0 aliphatic heterocycles. The van der Waals surface area contributed by atoms with Crippen LogP contribution in [0.4, 0.5) is 8.78 Å². The number of rotatable bonds is 5. The van der Waals surface area contributed by atoms with Crippen LogP contribution in [0.1, 0.15) is 18.4 Å². The van der Waals surface area contributed by atoms with Crippen molar-refractivity contribution >= 4 is 5.97 Å². The Balaban J connectivity index is 3.19. The van der Waals surface area contributed by atoms with Crippen LogP contribution in [0.25, 0.3) is 0 Å². The van der Waals surface area contributed by atoms with E-state index in [1.807, 2.05) is 0 Å². The molecule has 0 amide bonds. The largest absolute Gasteiger partial charge is 0.491 e. The van der Waals surface area contributed by atoms with Gasteiger partial charge in [0.1, 0.15) is 0 Å². The number of ether oxygens (including phenoxy) is 1. The van der Waals surface area contributed by atoms with Crippen molar-refractivity contribution < 1.29 is 23.4 Å². The van der Waals surface area contributed by atoms with Gasteiger partial charge in [-0.15, -0.1) is 0 Å². The maximum Gasteiger partial charge on any atom is 0.312 e. The average Bonchev–Trinajstić information content (AvgIpc) is 2.28. The van der Waals surface area contributed by atoms with Gasteiger partial charge in [0.25, 0.3) is 0 Å². The summed E-state index contributed by atoms with van der Waals surface area (Å²) in [4.78, 5) is 10.8. The van der Waals surface area contributed by atoms with Crippen molar-refractivity contribution in [3.8, 4) is 5.75 Å². The van der Waals surface area contributed by atoms with E-state index in [1.54, 1.807) is 6.92 Å². The number of halogens is 2. The Morgan fingerprint density at radius 2 is 2.12 bits per heavy atom. The third-order valence-electron chi connectivity index (χ3n) is 2.29. The molecule has 94 valence electrons. The van der Waals surface area contributed by atoms with Crippen LogP contribution in [0.2, 0.25) is 0 Å². The number of carbonyl (C=O) groups is 1. The lowest BCUT2D eigenvalue weighted by molar-refractivity contribution is -0.138. The molecule has 0 aromatic heterocycles. The van der Waals surface area contributed by atoms with E-state index >= 15 is 0 Å². The van der Waals surface area contributed by atoms with Crippen molar-refractivity contribution in [2.45, 2.75) is 12.8 Å². The van der Waals surface area contributed by atoms with E-state index in [-0.39, 0.29) is 24.5 Å². The van der Waals surface area contributed by atoms with Gasteiger partial charge in [0.15, 0.2) is 11.6 Å². The lowest BCUT2D eigenvalue weighted by Gasteiger charge is -2.13. The van der Waals surface area contributed by atoms with E-state index in [1.165, 1.54) is 12.1 Å². The van der Waals surface area contributed by atoms with Crippen LogP contribution < -0.4 is 10.5 Å². The first kappa shape index (κ1) is 13.4. The number of carboxylic acids is 1. The maximum absolute atomic E-state index is 13.6. The Hall–Kier alpha value is -1.69. The fourth-order valence-corrected chi connectivity index (χ4v) is 1.44. The molecule has 1 aromatic carbocycles. The highest BCUT2D eigenvalue weighted by Crippen LogP contribution is 2.27. The van der Waals surface area contributed by atoms with Crippen molar-refractivity contribution in [2.75, 3.05) is 13.2 Å². The van der Waals surface area contributed by atoms with Crippen molar-refractivity contribution in [1.29, 1.82) is 0 Å². The number of carboxylic acid groups (broad SMARTS) is 1. The molecule has 17 heavy (non-hydrogen) atoms. The van der Waals surface area contributed by atoms with Crippen LogP contribution in [0.15, 0.2) is 12.1 Å². The minimum absolute atomic E-state index is 0.189. The summed E-state index contributed by atoms with van der Waals surface area (Å²) in [5.74, 6) is -5.22. The summed E-state index contributed by atoms with van der Waals surface area (Å²) in [5.41, 5.74) is 4.94.